The normalized spacial score (nSPS) is 19.2. The molecule has 0 aliphatic carbocycles. The van der Waals surface area contributed by atoms with E-state index < -0.39 is 34.9 Å². The minimum absolute atomic E-state index is 0.0572. The number of aliphatic carboxylic acids is 2. The van der Waals surface area contributed by atoms with Gasteiger partial charge in [-0.05, 0) is 13.8 Å². The van der Waals surface area contributed by atoms with Gasteiger partial charge in [0.2, 0.25) is 0 Å². The van der Waals surface area contributed by atoms with Crippen LogP contribution in [-0.2, 0) is 9.59 Å². The van der Waals surface area contributed by atoms with Gasteiger partial charge in [0.15, 0.2) is 11.1 Å². The summed E-state index contributed by atoms with van der Waals surface area (Å²) in [7, 11) is 0. The van der Waals surface area contributed by atoms with Gasteiger partial charge < -0.3 is 10.2 Å². The molecule has 120 valence electrons. The first-order valence-electron chi connectivity index (χ1n) is 6.71. The maximum Gasteiger partial charge on any atom is 0.306 e. The first-order valence-corrected chi connectivity index (χ1v) is 6.71. The number of nitriles is 2. The maximum atomic E-state index is 10.9. The van der Waals surface area contributed by atoms with E-state index in [9.17, 15) is 20.1 Å². The molecule has 4 atom stereocenters. The summed E-state index contributed by atoms with van der Waals surface area (Å²) in [6.45, 7) is 5.75. The summed E-state index contributed by atoms with van der Waals surface area (Å²) in [5.74, 6) is -3.71. The van der Waals surface area contributed by atoms with E-state index in [4.69, 9.17) is 10.2 Å². The molecule has 0 spiro atoms. The SMILES string of the molecule is CC(CC(C)(C#N)N=NC(C)(C#N)CC(C)C(=O)O)C(=O)O. The third kappa shape index (κ3) is 5.88. The molecule has 4 unspecified atom stereocenters. The Morgan fingerprint density at radius 3 is 1.41 bits per heavy atom. The van der Waals surface area contributed by atoms with E-state index in [1.54, 1.807) is 0 Å². The number of carboxylic acid groups (broad SMARTS) is 2. The van der Waals surface area contributed by atoms with Gasteiger partial charge in [0.1, 0.15) is 0 Å². The molecule has 0 rings (SSSR count). The molecular weight excluding hydrogens is 288 g/mol. The molecule has 8 heteroatoms. The van der Waals surface area contributed by atoms with Crippen molar-refractivity contribution >= 4 is 11.9 Å². The predicted molar refractivity (Wildman–Crippen MR) is 75.7 cm³/mol. The van der Waals surface area contributed by atoms with Crippen LogP contribution in [-0.4, -0.2) is 33.2 Å². The number of rotatable bonds is 8. The largest absolute Gasteiger partial charge is 0.481 e. The molecule has 0 fully saturated rings. The third-order valence-electron chi connectivity index (χ3n) is 3.22. The molecule has 0 aliphatic rings. The molecule has 0 saturated heterocycles. The van der Waals surface area contributed by atoms with Crippen molar-refractivity contribution in [1.82, 2.24) is 0 Å². The first-order chi connectivity index (χ1) is 9.98. The van der Waals surface area contributed by atoms with Crippen LogP contribution in [0.1, 0.15) is 40.5 Å². The summed E-state index contributed by atoms with van der Waals surface area (Å²) >= 11 is 0. The van der Waals surface area contributed by atoms with Crippen LogP contribution in [0.25, 0.3) is 0 Å². The third-order valence-corrected chi connectivity index (χ3v) is 3.22. The summed E-state index contributed by atoms with van der Waals surface area (Å²) in [6, 6.07) is 3.78. The van der Waals surface area contributed by atoms with Crippen molar-refractivity contribution in [2.24, 2.45) is 22.1 Å². The summed E-state index contributed by atoms with van der Waals surface area (Å²) in [4.78, 5) is 21.7. The van der Waals surface area contributed by atoms with Crippen LogP contribution in [0.3, 0.4) is 0 Å². The molecule has 0 heterocycles. The molecule has 0 amide bonds. The van der Waals surface area contributed by atoms with Gasteiger partial charge in [0, 0.05) is 12.8 Å². The highest BCUT2D eigenvalue weighted by Gasteiger charge is 2.33. The molecule has 2 N–H and O–H groups in total. The van der Waals surface area contributed by atoms with Crippen LogP contribution >= 0.6 is 0 Å². The van der Waals surface area contributed by atoms with E-state index in [0.717, 1.165) is 0 Å². The Morgan fingerprint density at radius 1 is 0.955 bits per heavy atom. The molecule has 22 heavy (non-hydrogen) atoms. The van der Waals surface area contributed by atoms with E-state index in [2.05, 4.69) is 10.2 Å². The number of carbonyl (C=O) groups is 2. The Labute approximate surface area is 129 Å². The molecule has 0 saturated carbocycles. The average molecular weight is 308 g/mol. The van der Waals surface area contributed by atoms with Crippen LogP contribution in [0, 0.1) is 34.5 Å². The number of hydrogen-bond donors (Lipinski definition) is 2. The van der Waals surface area contributed by atoms with Crippen molar-refractivity contribution in [3.8, 4) is 12.1 Å². The summed E-state index contributed by atoms with van der Waals surface area (Å²) in [5, 5.41) is 43.8. The number of nitrogens with zero attached hydrogens (tertiary/aromatic N) is 4. The van der Waals surface area contributed by atoms with Crippen molar-refractivity contribution in [3.63, 3.8) is 0 Å². The fourth-order valence-corrected chi connectivity index (χ4v) is 1.81. The van der Waals surface area contributed by atoms with Crippen LogP contribution in [0.5, 0.6) is 0 Å². The maximum absolute atomic E-state index is 10.9. The van der Waals surface area contributed by atoms with Gasteiger partial charge >= 0.3 is 11.9 Å². The lowest BCUT2D eigenvalue weighted by molar-refractivity contribution is -0.142. The van der Waals surface area contributed by atoms with E-state index in [0.29, 0.717) is 0 Å². The van der Waals surface area contributed by atoms with Crippen molar-refractivity contribution in [2.75, 3.05) is 0 Å². The number of azo groups is 1. The summed E-state index contributed by atoms with van der Waals surface area (Å²) in [6.07, 6.45) is -0.114. The van der Waals surface area contributed by atoms with Crippen molar-refractivity contribution in [1.29, 1.82) is 10.5 Å². The molecule has 0 aromatic rings. The molecule has 0 radical (unpaired) electrons. The topological polar surface area (TPSA) is 147 Å². The van der Waals surface area contributed by atoms with Gasteiger partial charge in [0.25, 0.3) is 0 Å². The first kappa shape index (κ1) is 19.5. The monoisotopic (exact) mass is 308 g/mol. The fraction of sp³-hybridized carbons (Fsp3) is 0.714. The lowest BCUT2D eigenvalue weighted by Crippen LogP contribution is -2.29. The van der Waals surface area contributed by atoms with Crippen LogP contribution < -0.4 is 0 Å². The minimum Gasteiger partial charge on any atom is -0.481 e. The zero-order chi connectivity index (χ0) is 17.6. The van der Waals surface area contributed by atoms with Gasteiger partial charge in [-0.2, -0.15) is 20.8 Å². The quantitative estimate of drug-likeness (QED) is 0.657. The Hall–Kier alpha value is -2.48. The van der Waals surface area contributed by atoms with Gasteiger partial charge in [-0.25, -0.2) is 0 Å². The van der Waals surface area contributed by atoms with Crippen LogP contribution in [0.2, 0.25) is 0 Å². The van der Waals surface area contributed by atoms with E-state index in [1.807, 2.05) is 12.1 Å². The van der Waals surface area contributed by atoms with Gasteiger partial charge in [-0.3, -0.25) is 9.59 Å². The van der Waals surface area contributed by atoms with Crippen LogP contribution in [0.15, 0.2) is 10.2 Å². The number of hydrogen-bond acceptors (Lipinski definition) is 6. The molecular formula is C14H20N4O4. The Bertz CT molecular complexity index is 500. The second-order valence-electron chi connectivity index (χ2n) is 5.86. The highest BCUT2D eigenvalue weighted by atomic mass is 16.4. The van der Waals surface area contributed by atoms with E-state index >= 15 is 0 Å². The van der Waals surface area contributed by atoms with Crippen molar-refractivity contribution < 1.29 is 19.8 Å². The van der Waals surface area contributed by atoms with E-state index in [1.165, 1.54) is 27.7 Å². The summed E-state index contributed by atoms with van der Waals surface area (Å²) in [5.41, 5.74) is -2.77. The van der Waals surface area contributed by atoms with Gasteiger partial charge in [-0.1, -0.05) is 13.8 Å². The van der Waals surface area contributed by atoms with E-state index in [-0.39, 0.29) is 12.8 Å². The Kier molecular flexibility index (Phi) is 6.66. The molecule has 0 aromatic carbocycles. The van der Waals surface area contributed by atoms with Gasteiger partial charge in [0.05, 0.1) is 24.0 Å². The lowest BCUT2D eigenvalue weighted by atomic mass is 9.91. The second-order valence-corrected chi connectivity index (χ2v) is 5.86. The zero-order valence-corrected chi connectivity index (χ0v) is 13.1. The summed E-state index contributed by atoms with van der Waals surface area (Å²) < 4.78 is 0. The standard InChI is InChI=1S/C14H20N4O4/c1-9(11(19)20)5-13(3,7-15)17-18-14(4,8-16)6-10(2)12(21)22/h9-10H,5-6H2,1-4H3,(H,19,20)(H,21,22). The fourth-order valence-electron chi connectivity index (χ4n) is 1.81. The minimum atomic E-state index is -1.39. The van der Waals surface area contributed by atoms with Crippen LogP contribution in [0.4, 0.5) is 0 Å². The zero-order valence-electron chi connectivity index (χ0n) is 13.1. The van der Waals surface area contributed by atoms with Crippen molar-refractivity contribution in [3.05, 3.63) is 0 Å². The smallest absolute Gasteiger partial charge is 0.306 e. The predicted octanol–water partition coefficient (Wildman–Crippen LogP) is 2.22. The Balaban J connectivity index is 5.23. The number of carboxylic acids is 2. The molecule has 0 aromatic heterocycles. The molecule has 0 aliphatic heterocycles. The highest BCUT2D eigenvalue weighted by molar-refractivity contribution is 5.70. The van der Waals surface area contributed by atoms with Gasteiger partial charge in [-0.15, -0.1) is 0 Å². The average Bonchev–Trinajstić information content (AvgIpc) is 2.45. The lowest BCUT2D eigenvalue weighted by Gasteiger charge is -2.22. The molecule has 8 nitrogen and oxygen atoms in total. The Morgan fingerprint density at radius 2 is 1.23 bits per heavy atom. The molecule has 0 bridgehead atoms. The highest BCUT2D eigenvalue weighted by Crippen LogP contribution is 2.26. The van der Waals surface area contributed by atoms with Crippen molar-refractivity contribution in [2.45, 2.75) is 51.6 Å². The second kappa shape index (κ2) is 7.51.